The van der Waals surface area contributed by atoms with E-state index in [1.54, 1.807) is 6.92 Å². The van der Waals surface area contributed by atoms with Crippen LogP contribution < -0.4 is 4.74 Å². The number of pyridine rings is 1. The molecule has 0 aromatic carbocycles. The Morgan fingerprint density at radius 2 is 2.38 bits per heavy atom. The molecule has 0 saturated heterocycles. The molecule has 0 unspecified atom stereocenters. The summed E-state index contributed by atoms with van der Waals surface area (Å²) in [7, 11) is -5.74. The van der Waals surface area contributed by atoms with Crippen LogP contribution in [-0.2, 0) is 4.74 Å². The highest BCUT2D eigenvalue weighted by Crippen LogP contribution is 2.16. The molecule has 0 saturated carbocycles. The van der Waals surface area contributed by atoms with E-state index in [0.717, 1.165) is 0 Å². The highest BCUT2D eigenvalue weighted by atomic mass is 16.5. The van der Waals surface area contributed by atoms with Crippen LogP contribution >= 0.6 is 0 Å². The Hall–Kier alpha value is -1.58. The van der Waals surface area contributed by atoms with Crippen molar-refractivity contribution in [3.8, 4) is 5.88 Å². The summed E-state index contributed by atoms with van der Waals surface area (Å²) >= 11 is 0. The van der Waals surface area contributed by atoms with Crippen molar-refractivity contribution >= 4 is 5.97 Å². The molecule has 0 fully saturated rings. The van der Waals surface area contributed by atoms with E-state index < -0.39 is 25.9 Å². The van der Waals surface area contributed by atoms with Gasteiger partial charge in [0.05, 0.1) is 22.3 Å². The summed E-state index contributed by atoms with van der Waals surface area (Å²) in [5.41, 5.74) is 0.0440. The Labute approximate surface area is 84.9 Å². The van der Waals surface area contributed by atoms with E-state index in [9.17, 15) is 4.79 Å². The summed E-state index contributed by atoms with van der Waals surface area (Å²) in [5, 5.41) is 0. The van der Waals surface area contributed by atoms with Gasteiger partial charge in [0, 0.05) is 5.69 Å². The fraction of sp³-hybridized carbons (Fsp3) is 0.333. The Morgan fingerprint density at radius 1 is 1.54 bits per heavy atom. The molecule has 0 bridgehead atoms. The standard InChI is InChI=1S/C9H11NO3/c1-6-4-5-7(9(11)13-3)8(10-6)12-2/h4-5H,1-3H3/i2D3,3D3. The lowest BCUT2D eigenvalue weighted by molar-refractivity contribution is 0.0596. The van der Waals surface area contributed by atoms with Crippen LogP contribution in [0.3, 0.4) is 0 Å². The van der Waals surface area contributed by atoms with Crippen LogP contribution in [-0.4, -0.2) is 25.0 Å². The predicted molar refractivity (Wildman–Crippen MR) is 46.9 cm³/mol. The molecule has 1 rings (SSSR count). The summed E-state index contributed by atoms with van der Waals surface area (Å²) in [6.07, 6.45) is 0. The van der Waals surface area contributed by atoms with Gasteiger partial charge in [0.15, 0.2) is 0 Å². The highest BCUT2D eigenvalue weighted by Gasteiger charge is 2.13. The van der Waals surface area contributed by atoms with Gasteiger partial charge in [0.1, 0.15) is 5.56 Å². The maximum absolute atomic E-state index is 11.6. The molecule has 0 atom stereocenters. The fourth-order valence-corrected chi connectivity index (χ4v) is 0.821. The molecular weight excluding hydrogens is 170 g/mol. The lowest BCUT2D eigenvalue weighted by atomic mass is 10.2. The van der Waals surface area contributed by atoms with Crippen molar-refractivity contribution in [1.82, 2.24) is 4.98 Å². The number of hydrogen-bond donors (Lipinski definition) is 0. The zero-order valence-corrected chi connectivity index (χ0v) is 6.83. The molecule has 0 radical (unpaired) electrons. The second kappa shape index (κ2) is 3.89. The van der Waals surface area contributed by atoms with Crippen molar-refractivity contribution in [3.63, 3.8) is 0 Å². The first-order valence-electron chi connectivity index (χ1n) is 6.38. The minimum atomic E-state index is -2.93. The number of ether oxygens (including phenoxy) is 2. The maximum atomic E-state index is 11.6. The molecule has 0 aliphatic rings. The van der Waals surface area contributed by atoms with Gasteiger partial charge < -0.3 is 9.47 Å². The third-order valence-electron chi connectivity index (χ3n) is 1.41. The Bertz CT molecular complexity index is 482. The number of carbonyl (C=O) groups excluding carboxylic acids is 1. The van der Waals surface area contributed by atoms with Crippen LogP contribution in [0.1, 0.15) is 24.3 Å². The molecule has 0 N–H and O–H groups in total. The summed E-state index contributed by atoms with van der Waals surface area (Å²) < 4.78 is 50.1. The van der Waals surface area contributed by atoms with Crippen LogP contribution in [0.4, 0.5) is 0 Å². The monoisotopic (exact) mass is 187 g/mol. The van der Waals surface area contributed by atoms with Crippen LogP contribution in [0.15, 0.2) is 12.1 Å². The van der Waals surface area contributed by atoms with Crippen molar-refractivity contribution < 1.29 is 22.5 Å². The average Bonchev–Trinajstić information content (AvgIpc) is 2.11. The summed E-state index contributed by atoms with van der Waals surface area (Å²) in [4.78, 5) is 15.3. The SMILES string of the molecule is [2H]C([2H])([2H])OC(=O)c1ccc(C)nc1OC([2H])([2H])[2H]. The normalized spacial score (nSPS) is 18.2. The maximum Gasteiger partial charge on any atom is 0.343 e. The molecule has 70 valence electrons. The van der Waals surface area contributed by atoms with E-state index in [4.69, 9.17) is 8.22 Å². The molecule has 0 amide bonds. The Kier molecular flexibility index (Phi) is 1.22. The topological polar surface area (TPSA) is 48.4 Å². The van der Waals surface area contributed by atoms with Gasteiger partial charge in [-0.2, -0.15) is 0 Å². The van der Waals surface area contributed by atoms with E-state index in [0.29, 0.717) is 5.69 Å². The van der Waals surface area contributed by atoms with E-state index in [1.807, 2.05) is 0 Å². The van der Waals surface area contributed by atoms with Gasteiger partial charge in [0.2, 0.25) is 5.88 Å². The lowest BCUT2D eigenvalue weighted by Crippen LogP contribution is -2.05. The zero-order chi connectivity index (χ0) is 14.8. The minimum absolute atomic E-state index is 0.363. The number of aromatic nitrogens is 1. The van der Waals surface area contributed by atoms with E-state index in [-0.39, 0.29) is 5.56 Å². The molecule has 1 aromatic rings. The number of aryl methyl sites for hydroxylation is 1. The third kappa shape index (κ3) is 1.96. The molecule has 0 aliphatic heterocycles. The minimum Gasteiger partial charge on any atom is -0.480 e. The van der Waals surface area contributed by atoms with Gasteiger partial charge in [0.25, 0.3) is 0 Å². The fourth-order valence-electron chi connectivity index (χ4n) is 0.821. The Morgan fingerprint density at radius 3 is 3.08 bits per heavy atom. The first-order chi connectivity index (χ1) is 8.48. The van der Waals surface area contributed by atoms with Gasteiger partial charge in [-0.3, -0.25) is 0 Å². The molecule has 13 heavy (non-hydrogen) atoms. The molecule has 0 spiro atoms. The van der Waals surface area contributed by atoms with E-state index >= 15 is 0 Å². The number of rotatable bonds is 2. The Balaban J connectivity index is 3.10. The molecule has 1 aromatic heterocycles. The van der Waals surface area contributed by atoms with Crippen LogP contribution in [0.5, 0.6) is 5.88 Å². The molecular formula is C9H11NO3. The average molecular weight is 187 g/mol. The lowest BCUT2D eigenvalue weighted by Gasteiger charge is -2.05. The van der Waals surface area contributed by atoms with Crippen LogP contribution in [0, 0.1) is 6.92 Å². The number of carbonyl (C=O) groups is 1. The van der Waals surface area contributed by atoms with E-state index in [1.165, 1.54) is 12.1 Å². The molecule has 1 heterocycles. The highest BCUT2D eigenvalue weighted by molar-refractivity contribution is 5.91. The van der Waals surface area contributed by atoms with Crippen molar-refractivity contribution in [1.29, 1.82) is 0 Å². The van der Waals surface area contributed by atoms with Gasteiger partial charge in [-0.25, -0.2) is 9.78 Å². The second-order valence-electron chi connectivity index (χ2n) is 2.30. The zero-order valence-electron chi connectivity index (χ0n) is 12.8. The number of hydrogen-bond acceptors (Lipinski definition) is 4. The van der Waals surface area contributed by atoms with Gasteiger partial charge in [-0.05, 0) is 19.1 Å². The first kappa shape index (κ1) is 4.09. The summed E-state index contributed by atoms with van der Waals surface area (Å²) in [6.45, 7) is 1.56. The van der Waals surface area contributed by atoms with Crippen molar-refractivity contribution in [2.45, 2.75) is 6.92 Å². The van der Waals surface area contributed by atoms with Crippen LogP contribution in [0.25, 0.3) is 0 Å². The number of methoxy groups -OCH3 is 2. The quantitative estimate of drug-likeness (QED) is 0.652. The number of nitrogens with zero attached hydrogens (tertiary/aromatic N) is 1. The molecule has 4 nitrogen and oxygen atoms in total. The van der Waals surface area contributed by atoms with Crippen molar-refractivity contribution in [2.75, 3.05) is 14.1 Å². The third-order valence-corrected chi connectivity index (χ3v) is 1.41. The van der Waals surface area contributed by atoms with Crippen molar-refractivity contribution in [2.24, 2.45) is 0 Å². The molecule has 0 aliphatic carbocycles. The first-order valence-corrected chi connectivity index (χ1v) is 3.38. The largest absolute Gasteiger partial charge is 0.480 e. The van der Waals surface area contributed by atoms with Gasteiger partial charge in [-0.15, -0.1) is 0 Å². The van der Waals surface area contributed by atoms with E-state index in [2.05, 4.69) is 14.5 Å². The summed E-state index contributed by atoms with van der Waals surface area (Å²) in [5.74, 6) is -1.72. The van der Waals surface area contributed by atoms with Gasteiger partial charge in [-0.1, -0.05) is 0 Å². The number of esters is 1. The smallest absolute Gasteiger partial charge is 0.343 e. The summed E-state index contributed by atoms with van der Waals surface area (Å²) in [6, 6.07) is 2.60. The second-order valence-corrected chi connectivity index (χ2v) is 2.30. The van der Waals surface area contributed by atoms with Crippen molar-refractivity contribution in [3.05, 3.63) is 23.4 Å². The van der Waals surface area contributed by atoms with Gasteiger partial charge >= 0.3 is 5.97 Å². The van der Waals surface area contributed by atoms with Crippen LogP contribution in [0.2, 0.25) is 0 Å². The predicted octanol–water partition coefficient (Wildman–Crippen LogP) is 1.19. The molecule has 4 heteroatoms.